The van der Waals surface area contributed by atoms with Crippen molar-refractivity contribution >= 4 is 32.8 Å². The van der Waals surface area contributed by atoms with Crippen molar-refractivity contribution in [2.75, 3.05) is 0 Å². The minimum atomic E-state index is -2.80. The molecule has 0 aliphatic rings. The number of imidazole rings is 1. The predicted octanol–water partition coefficient (Wildman–Crippen LogP) is 18.9. The summed E-state index contributed by atoms with van der Waals surface area (Å²) in [6.07, 6.45) is 5.07. The van der Waals surface area contributed by atoms with Crippen molar-refractivity contribution in [3.63, 3.8) is 0 Å². The Morgan fingerprint density at radius 2 is 1.10 bits per heavy atom. The van der Waals surface area contributed by atoms with E-state index < -0.39 is 55.2 Å². The van der Waals surface area contributed by atoms with Crippen LogP contribution in [-0.2, 0) is 16.2 Å². The number of hydrogen-bond donors (Lipinski definition) is 0. The van der Waals surface area contributed by atoms with Gasteiger partial charge in [-0.2, -0.15) is 0 Å². The summed E-state index contributed by atoms with van der Waals surface area (Å²) < 4.78 is 125. The fourth-order valence-electron chi connectivity index (χ4n) is 10.3. The van der Waals surface area contributed by atoms with Crippen molar-refractivity contribution < 1.29 is 27.1 Å². The first-order valence-corrected chi connectivity index (χ1v) is 26.2. The molecule has 3 aromatic heterocycles. The maximum absolute atomic E-state index is 9.10. The lowest BCUT2D eigenvalue weighted by Gasteiger charge is -2.27. The maximum Gasteiger partial charge on any atom is 0.269 e. The van der Waals surface area contributed by atoms with Gasteiger partial charge < -0.3 is 4.74 Å². The molecule has 0 saturated heterocycles. The van der Waals surface area contributed by atoms with E-state index in [0.29, 0.717) is 44.8 Å². The summed E-state index contributed by atoms with van der Waals surface area (Å²) in [5.74, 6) is 1.06. The summed E-state index contributed by atoms with van der Waals surface area (Å²) in [5.41, 5.74) is 10.7. The molecule has 0 N–H and O–H groups in total. The summed E-state index contributed by atoms with van der Waals surface area (Å²) in [7, 11) is 0. The first-order valence-electron chi connectivity index (χ1n) is 32.7. The third kappa shape index (κ3) is 9.38. The molecule has 0 spiro atoms. The van der Waals surface area contributed by atoms with Crippen molar-refractivity contribution in [2.45, 2.75) is 85.4 Å². The van der Waals surface area contributed by atoms with E-state index >= 15 is 0 Å². The lowest BCUT2D eigenvalue weighted by molar-refractivity contribution is -0.571. The molecule has 78 heavy (non-hydrogen) atoms. The van der Waals surface area contributed by atoms with Crippen LogP contribution in [0.15, 0.2) is 218 Å². The van der Waals surface area contributed by atoms with Crippen LogP contribution in [0.25, 0.3) is 94.5 Å². The Morgan fingerprint density at radius 3 is 1.76 bits per heavy atom. The molecule has 0 radical (unpaired) electrons. The number of para-hydroxylation sites is 1. The number of nitrogens with zero attached hydrogens (tertiary/aromatic N) is 4. The van der Waals surface area contributed by atoms with Gasteiger partial charge in [0.2, 0.25) is 0 Å². The van der Waals surface area contributed by atoms with Gasteiger partial charge >= 0.3 is 0 Å². The van der Waals surface area contributed by atoms with E-state index in [2.05, 4.69) is 134 Å². The molecule has 0 bridgehead atoms. The Hall–Kier alpha value is -8.80. The van der Waals surface area contributed by atoms with Crippen molar-refractivity contribution in [3.8, 4) is 73.2 Å². The zero-order chi connectivity index (χ0) is 65.3. The molecule has 9 aromatic carbocycles. The third-order valence-corrected chi connectivity index (χ3v) is 14.6. The monoisotopic (exact) mass is 1030 g/mol. The van der Waals surface area contributed by atoms with E-state index in [4.69, 9.17) is 27.5 Å². The highest BCUT2D eigenvalue weighted by Crippen LogP contribution is 2.42. The van der Waals surface area contributed by atoms with Gasteiger partial charge in [0.05, 0.1) is 47.1 Å². The number of aryl methyl sites for hydroxylation is 1. The second kappa shape index (κ2) is 19.3. The Balaban J connectivity index is 1.07. The van der Waals surface area contributed by atoms with Gasteiger partial charge in [-0.1, -0.05) is 220 Å². The quantitative estimate of drug-likeness (QED) is 0.107. The second-order valence-electron chi connectivity index (χ2n) is 23.0. The SMILES string of the molecule is [2H]c1c([2H])c([2H])c(-c2ccc3c(c2)n(-c2cccc(Oc4ccc5c6ccccc6n(-c6cc(C([2H])([2H])[2H])c(-c7c([2H])c([2H])c([2H])c([2H])c7[2H])cn6)c5c4)c2)[c-][n+]3-c2c(-c3cccc(C(C)(C)C)c3)cc(C(C)(C)C)cc2-c2cccc(C(C)(C)C)c2)c([2H])c1[2H]. The highest BCUT2D eigenvalue weighted by Gasteiger charge is 2.27. The number of rotatable bonds is 9. The summed E-state index contributed by atoms with van der Waals surface area (Å²) in [6.45, 7) is 17.1. The van der Waals surface area contributed by atoms with Crippen LogP contribution in [0.5, 0.6) is 11.5 Å². The molecule has 0 aliphatic carbocycles. The van der Waals surface area contributed by atoms with E-state index in [0.717, 1.165) is 55.4 Å². The van der Waals surface area contributed by atoms with Crippen molar-refractivity contribution in [3.05, 3.63) is 247 Å². The van der Waals surface area contributed by atoms with Crippen LogP contribution in [0.1, 0.15) is 102 Å². The molecule has 384 valence electrons. The summed E-state index contributed by atoms with van der Waals surface area (Å²) in [6, 6.07) is 44.7. The smallest absolute Gasteiger partial charge is 0.269 e. The molecule has 0 atom stereocenters. The van der Waals surface area contributed by atoms with Crippen LogP contribution >= 0.6 is 0 Å². The van der Waals surface area contributed by atoms with E-state index in [-0.39, 0.29) is 56.4 Å². The molecule has 5 nitrogen and oxygen atoms in total. The number of hydrogen-bond acceptors (Lipinski definition) is 2. The summed E-state index contributed by atoms with van der Waals surface area (Å²) in [4.78, 5) is 4.76. The predicted molar refractivity (Wildman–Crippen MR) is 325 cm³/mol. The molecule has 0 amide bonds. The van der Waals surface area contributed by atoms with Gasteiger partial charge in [0, 0.05) is 32.7 Å². The van der Waals surface area contributed by atoms with Crippen LogP contribution < -0.4 is 9.30 Å². The number of benzene rings is 9. The Bertz CT molecular complexity index is 4840. The molecule has 5 heteroatoms. The molecule has 12 aromatic rings. The standard InChI is InChI=1S/C73H66N4O/c1-48-38-69(74-46-64(48)50-24-15-12-16-25-50)77-65-33-18-17-32-60(65)61-36-35-59(45-67(61)77)78-58-31-21-30-57(44-58)75-47-76(66-37-34-51(41-68(66)75)49-22-13-11-14-23-49)70-62(52-26-19-28-54(39-52)71(2,3)4)42-56(73(8,9)10)43-63(70)53-27-20-29-55(40-53)72(5,6)7/h11-46H,1-10H3/i1D3,11D,12D,13D,14D,15D,16D,22D,23D,24D,25D. The van der Waals surface area contributed by atoms with E-state index in [1.165, 1.54) is 12.3 Å². The third-order valence-electron chi connectivity index (χ3n) is 14.6. The van der Waals surface area contributed by atoms with Crippen LogP contribution in [-0.4, -0.2) is 14.1 Å². The fraction of sp³-hybridized carbons (Fsp3) is 0.178. The highest BCUT2D eigenvalue weighted by atomic mass is 16.5. The summed E-state index contributed by atoms with van der Waals surface area (Å²) in [5, 5.41) is 1.65. The van der Waals surface area contributed by atoms with Crippen LogP contribution in [0.3, 0.4) is 0 Å². The number of pyridine rings is 1. The first kappa shape index (κ1) is 37.1. The fourth-order valence-corrected chi connectivity index (χ4v) is 10.3. The van der Waals surface area contributed by atoms with Crippen molar-refractivity contribution in [2.24, 2.45) is 0 Å². The van der Waals surface area contributed by atoms with Crippen LogP contribution in [0.2, 0.25) is 0 Å². The Kier molecular flexibility index (Phi) is 9.19. The molecule has 3 heterocycles. The molecular formula is C73H66N4O. The highest BCUT2D eigenvalue weighted by molar-refractivity contribution is 6.09. The van der Waals surface area contributed by atoms with E-state index in [9.17, 15) is 0 Å². The molecule has 0 aliphatic heterocycles. The molecule has 0 unspecified atom stereocenters. The molecular weight excluding hydrogens is 949 g/mol. The molecule has 0 fully saturated rings. The summed E-state index contributed by atoms with van der Waals surface area (Å²) >= 11 is 0. The van der Waals surface area contributed by atoms with Gasteiger partial charge in [-0.05, 0) is 133 Å². The maximum atomic E-state index is 9.10. The van der Waals surface area contributed by atoms with Gasteiger partial charge in [0.15, 0.2) is 0 Å². The van der Waals surface area contributed by atoms with Gasteiger partial charge in [0.25, 0.3) is 6.33 Å². The zero-order valence-corrected chi connectivity index (χ0v) is 45.2. The number of fused-ring (bicyclic) bond motifs is 4. The van der Waals surface area contributed by atoms with Crippen LogP contribution in [0, 0.1) is 13.2 Å². The molecule has 0 saturated carbocycles. The van der Waals surface area contributed by atoms with Gasteiger partial charge in [-0.3, -0.25) is 13.7 Å². The van der Waals surface area contributed by atoms with Gasteiger partial charge in [-0.15, -0.1) is 0 Å². The van der Waals surface area contributed by atoms with E-state index in [1.807, 2.05) is 88.0 Å². The Labute approximate surface area is 478 Å². The minimum absolute atomic E-state index is 0.0563. The van der Waals surface area contributed by atoms with Gasteiger partial charge in [0.1, 0.15) is 17.3 Å². The normalized spacial score (nSPS) is 14.8. The van der Waals surface area contributed by atoms with Crippen molar-refractivity contribution in [1.82, 2.24) is 14.1 Å². The average molecular weight is 1030 g/mol. The van der Waals surface area contributed by atoms with Crippen molar-refractivity contribution in [1.29, 1.82) is 0 Å². The topological polar surface area (TPSA) is 35.9 Å². The largest absolute Gasteiger partial charge is 0.458 e. The van der Waals surface area contributed by atoms with Gasteiger partial charge in [-0.25, -0.2) is 4.98 Å². The number of aromatic nitrogens is 4. The zero-order valence-electron chi connectivity index (χ0n) is 58.2. The lowest BCUT2D eigenvalue weighted by Crippen LogP contribution is -2.32. The molecule has 12 rings (SSSR count). The van der Waals surface area contributed by atoms with Crippen LogP contribution in [0.4, 0.5) is 0 Å². The van der Waals surface area contributed by atoms with E-state index in [1.54, 1.807) is 6.07 Å². The Morgan fingerprint density at radius 1 is 0.487 bits per heavy atom. The minimum Gasteiger partial charge on any atom is -0.458 e. The lowest BCUT2D eigenvalue weighted by atomic mass is 9.80. The second-order valence-corrected chi connectivity index (χ2v) is 23.0. The average Bonchev–Trinajstić information content (AvgIpc) is 1.73. The first-order chi connectivity index (χ1) is 42.8. The number of ether oxygens (including phenoxy) is 1.